The Hall–Kier alpha value is -2.98. The molecule has 4 heteroatoms. The average molecular weight is 388 g/mol. The first-order valence-electron chi connectivity index (χ1n) is 10.1. The zero-order valence-electron chi connectivity index (χ0n) is 16.3. The van der Waals surface area contributed by atoms with Crippen LogP contribution in [0.4, 0.5) is 4.39 Å². The van der Waals surface area contributed by atoms with Crippen LogP contribution in [0, 0.1) is 5.82 Å². The molecule has 0 atom stereocenters. The van der Waals surface area contributed by atoms with E-state index in [4.69, 9.17) is 0 Å². The van der Waals surface area contributed by atoms with E-state index < -0.39 is 0 Å². The Bertz CT molecular complexity index is 885. The van der Waals surface area contributed by atoms with Crippen molar-refractivity contribution in [2.75, 3.05) is 6.54 Å². The van der Waals surface area contributed by atoms with Crippen molar-refractivity contribution < 1.29 is 9.18 Å². The van der Waals surface area contributed by atoms with E-state index in [2.05, 4.69) is 10.2 Å². The first kappa shape index (κ1) is 19.3. The van der Waals surface area contributed by atoms with Crippen LogP contribution in [0.1, 0.15) is 35.6 Å². The fourth-order valence-electron chi connectivity index (χ4n) is 3.62. The Morgan fingerprint density at radius 2 is 1.45 bits per heavy atom. The van der Waals surface area contributed by atoms with Gasteiger partial charge in [0.1, 0.15) is 5.82 Å². The molecule has 148 valence electrons. The first-order valence-corrected chi connectivity index (χ1v) is 10.1. The van der Waals surface area contributed by atoms with Crippen molar-refractivity contribution in [2.45, 2.75) is 31.5 Å². The van der Waals surface area contributed by atoms with Crippen molar-refractivity contribution in [3.05, 3.63) is 107 Å². The number of halogens is 1. The van der Waals surface area contributed by atoms with E-state index in [1.54, 1.807) is 12.1 Å². The second-order valence-electron chi connectivity index (χ2n) is 7.58. The molecular formula is C25H25FN2O. The molecule has 1 fully saturated rings. The van der Waals surface area contributed by atoms with Gasteiger partial charge in [0.2, 0.25) is 5.91 Å². The lowest BCUT2D eigenvalue weighted by molar-refractivity contribution is -0.123. The summed E-state index contributed by atoms with van der Waals surface area (Å²) in [7, 11) is 0. The van der Waals surface area contributed by atoms with Gasteiger partial charge in [0, 0.05) is 12.6 Å². The normalized spacial score (nSPS) is 13.6. The number of benzene rings is 3. The lowest BCUT2D eigenvalue weighted by atomic mass is 9.98. The Morgan fingerprint density at radius 1 is 0.897 bits per heavy atom. The second kappa shape index (κ2) is 9.01. The van der Waals surface area contributed by atoms with E-state index in [9.17, 15) is 9.18 Å². The van der Waals surface area contributed by atoms with Crippen molar-refractivity contribution in [1.29, 1.82) is 0 Å². The van der Waals surface area contributed by atoms with E-state index in [1.807, 2.05) is 60.7 Å². The number of carbonyl (C=O) groups excluding carboxylic acids is 1. The Morgan fingerprint density at radius 3 is 1.97 bits per heavy atom. The van der Waals surface area contributed by atoms with Crippen LogP contribution in [0.25, 0.3) is 0 Å². The number of hydrogen-bond donors (Lipinski definition) is 1. The van der Waals surface area contributed by atoms with Crippen LogP contribution in [0.2, 0.25) is 0 Å². The molecule has 0 aliphatic heterocycles. The lowest BCUT2D eigenvalue weighted by Gasteiger charge is -2.25. The van der Waals surface area contributed by atoms with E-state index >= 15 is 0 Å². The minimum absolute atomic E-state index is 0.00304. The number of nitrogens with one attached hydrogen (secondary N) is 1. The van der Waals surface area contributed by atoms with Gasteiger partial charge in [-0.05, 0) is 41.7 Å². The molecule has 1 N–H and O–H groups in total. The van der Waals surface area contributed by atoms with Gasteiger partial charge in [-0.3, -0.25) is 9.69 Å². The third-order valence-corrected chi connectivity index (χ3v) is 5.28. The highest BCUT2D eigenvalue weighted by Gasteiger charge is 2.31. The van der Waals surface area contributed by atoms with E-state index in [1.165, 1.54) is 12.1 Å². The average Bonchev–Trinajstić information content (AvgIpc) is 3.60. The molecule has 1 saturated carbocycles. The van der Waals surface area contributed by atoms with Gasteiger partial charge in [0.25, 0.3) is 0 Å². The van der Waals surface area contributed by atoms with Gasteiger partial charge in [-0.15, -0.1) is 0 Å². The number of carbonyl (C=O) groups is 1. The summed E-state index contributed by atoms with van der Waals surface area (Å²) in [5.74, 6) is -0.241. The molecule has 1 aliphatic rings. The molecular weight excluding hydrogens is 363 g/mol. The minimum atomic E-state index is -0.238. The van der Waals surface area contributed by atoms with Gasteiger partial charge >= 0.3 is 0 Å². The van der Waals surface area contributed by atoms with Crippen LogP contribution < -0.4 is 5.32 Å². The maximum absolute atomic E-state index is 13.2. The zero-order chi connectivity index (χ0) is 20.1. The fourth-order valence-corrected chi connectivity index (χ4v) is 3.62. The Kier molecular flexibility index (Phi) is 6.01. The summed E-state index contributed by atoms with van der Waals surface area (Å²) in [5, 5.41) is 3.22. The molecule has 1 aliphatic carbocycles. The van der Waals surface area contributed by atoms with Crippen molar-refractivity contribution in [1.82, 2.24) is 10.2 Å². The van der Waals surface area contributed by atoms with Crippen LogP contribution in [0.5, 0.6) is 0 Å². The van der Waals surface area contributed by atoms with Crippen LogP contribution in [-0.4, -0.2) is 23.4 Å². The summed E-state index contributed by atoms with van der Waals surface area (Å²) < 4.78 is 13.2. The quantitative estimate of drug-likeness (QED) is 0.607. The molecule has 3 aromatic rings. The van der Waals surface area contributed by atoms with Crippen molar-refractivity contribution in [3.63, 3.8) is 0 Å². The van der Waals surface area contributed by atoms with Gasteiger partial charge in [0.05, 0.1) is 12.6 Å². The molecule has 1 amide bonds. The van der Waals surface area contributed by atoms with Crippen LogP contribution in [0.15, 0.2) is 84.9 Å². The highest BCUT2D eigenvalue weighted by atomic mass is 19.1. The van der Waals surface area contributed by atoms with E-state index in [-0.39, 0.29) is 17.8 Å². The maximum Gasteiger partial charge on any atom is 0.234 e. The summed E-state index contributed by atoms with van der Waals surface area (Å²) in [6, 6.07) is 26.8. The molecule has 29 heavy (non-hydrogen) atoms. The van der Waals surface area contributed by atoms with Gasteiger partial charge in [0.15, 0.2) is 0 Å². The molecule has 0 bridgehead atoms. The third-order valence-electron chi connectivity index (χ3n) is 5.28. The summed E-state index contributed by atoms with van der Waals surface area (Å²) in [6.07, 6.45) is 2.21. The highest BCUT2D eigenvalue weighted by molar-refractivity contribution is 5.79. The van der Waals surface area contributed by atoms with Gasteiger partial charge < -0.3 is 5.32 Å². The van der Waals surface area contributed by atoms with Gasteiger partial charge in [-0.2, -0.15) is 0 Å². The number of amides is 1. The standard InChI is InChI=1S/C25H25FN2O/c26-22-13-11-19(12-14-22)17-28(23-15-16-23)18-24(29)27-25(20-7-3-1-4-8-20)21-9-5-2-6-10-21/h1-14,23,25H,15-18H2,(H,27,29). The van der Waals surface area contributed by atoms with Crippen molar-refractivity contribution >= 4 is 5.91 Å². The fraction of sp³-hybridized carbons (Fsp3) is 0.240. The van der Waals surface area contributed by atoms with E-state index in [0.29, 0.717) is 19.1 Å². The molecule has 3 nitrogen and oxygen atoms in total. The lowest BCUT2D eigenvalue weighted by Crippen LogP contribution is -2.40. The molecule has 4 rings (SSSR count). The maximum atomic E-state index is 13.2. The van der Waals surface area contributed by atoms with Crippen molar-refractivity contribution in [3.8, 4) is 0 Å². The monoisotopic (exact) mass is 388 g/mol. The smallest absolute Gasteiger partial charge is 0.234 e. The van der Waals surface area contributed by atoms with Crippen molar-refractivity contribution in [2.24, 2.45) is 0 Å². The van der Waals surface area contributed by atoms with Crippen LogP contribution >= 0.6 is 0 Å². The molecule has 0 aromatic heterocycles. The molecule has 0 unspecified atom stereocenters. The molecule has 0 heterocycles. The molecule has 0 radical (unpaired) electrons. The van der Waals surface area contributed by atoms with Gasteiger partial charge in [-0.25, -0.2) is 4.39 Å². The summed E-state index contributed by atoms with van der Waals surface area (Å²) in [6.45, 7) is 0.984. The number of hydrogen-bond acceptors (Lipinski definition) is 2. The zero-order valence-corrected chi connectivity index (χ0v) is 16.3. The SMILES string of the molecule is O=C(CN(Cc1ccc(F)cc1)C1CC1)NC(c1ccccc1)c1ccccc1. The minimum Gasteiger partial charge on any atom is -0.344 e. The topological polar surface area (TPSA) is 32.3 Å². The molecule has 0 saturated heterocycles. The number of nitrogens with zero attached hydrogens (tertiary/aromatic N) is 1. The first-order chi connectivity index (χ1) is 14.2. The van der Waals surface area contributed by atoms with Gasteiger partial charge in [-0.1, -0.05) is 72.8 Å². The van der Waals surface area contributed by atoms with Crippen LogP contribution in [0.3, 0.4) is 0 Å². The summed E-state index contributed by atoms with van der Waals surface area (Å²) in [5.41, 5.74) is 3.14. The second-order valence-corrected chi connectivity index (χ2v) is 7.58. The summed E-state index contributed by atoms with van der Waals surface area (Å²) in [4.78, 5) is 15.2. The largest absolute Gasteiger partial charge is 0.344 e. The highest BCUT2D eigenvalue weighted by Crippen LogP contribution is 2.28. The van der Waals surface area contributed by atoms with E-state index in [0.717, 1.165) is 29.5 Å². The third kappa shape index (κ3) is 5.30. The predicted octanol–water partition coefficient (Wildman–Crippen LogP) is 4.70. The predicted molar refractivity (Wildman–Crippen MR) is 113 cm³/mol. The Labute approximate surface area is 171 Å². The molecule has 0 spiro atoms. The van der Waals surface area contributed by atoms with Crippen LogP contribution in [-0.2, 0) is 11.3 Å². The number of rotatable bonds is 8. The molecule has 3 aromatic carbocycles. The Balaban J connectivity index is 1.47. The summed E-state index contributed by atoms with van der Waals surface area (Å²) >= 11 is 0.